The van der Waals surface area contributed by atoms with E-state index < -0.39 is 9.84 Å². The van der Waals surface area contributed by atoms with Gasteiger partial charge in [0, 0.05) is 18.0 Å². The average Bonchev–Trinajstić information content (AvgIpc) is 2.93. The smallest absolute Gasteiger partial charge is 0.175 e. The molecule has 0 aliphatic heterocycles. The second-order valence-electron chi connectivity index (χ2n) is 5.09. The Bertz CT molecular complexity index is 910. The van der Waals surface area contributed by atoms with Crippen LogP contribution < -0.4 is 0 Å². The Morgan fingerprint density at radius 1 is 0.955 bits per heavy atom. The van der Waals surface area contributed by atoms with E-state index in [2.05, 4.69) is 11.1 Å². The van der Waals surface area contributed by atoms with Crippen LogP contribution in [0.2, 0.25) is 0 Å². The molecule has 0 N–H and O–H groups in total. The van der Waals surface area contributed by atoms with Gasteiger partial charge >= 0.3 is 0 Å². The molecule has 5 heteroatoms. The highest BCUT2D eigenvalue weighted by atomic mass is 32.2. The summed E-state index contributed by atoms with van der Waals surface area (Å²) in [6.07, 6.45) is 3.10. The number of aryl methyl sites for hydroxylation is 1. The van der Waals surface area contributed by atoms with Crippen LogP contribution in [0.4, 0.5) is 0 Å². The third-order valence-corrected chi connectivity index (χ3v) is 5.48. The van der Waals surface area contributed by atoms with Crippen molar-refractivity contribution in [3.8, 4) is 21.6 Å². The lowest BCUT2D eigenvalue weighted by atomic mass is 9.99. The van der Waals surface area contributed by atoms with Gasteiger partial charge in [-0.15, -0.1) is 11.3 Å². The highest BCUT2D eigenvalue weighted by Crippen LogP contribution is 2.35. The molecule has 2 aromatic carbocycles. The molecule has 3 aromatic rings. The van der Waals surface area contributed by atoms with Crippen molar-refractivity contribution in [3.63, 3.8) is 0 Å². The molecular formula is C17H15NO2S2. The van der Waals surface area contributed by atoms with Gasteiger partial charge < -0.3 is 0 Å². The van der Waals surface area contributed by atoms with E-state index in [0.29, 0.717) is 4.90 Å². The van der Waals surface area contributed by atoms with Crippen LogP contribution in [-0.2, 0) is 9.84 Å². The van der Waals surface area contributed by atoms with Crippen molar-refractivity contribution in [2.75, 3.05) is 6.26 Å². The third-order valence-electron chi connectivity index (χ3n) is 3.41. The minimum atomic E-state index is -3.17. The van der Waals surface area contributed by atoms with Crippen molar-refractivity contribution in [1.29, 1.82) is 0 Å². The second-order valence-corrected chi connectivity index (χ2v) is 8.34. The van der Waals surface area contributed by atoms with Crippen molar-refractivity contribution < 1.29 is 8.42 Å². The molecule has 0 amide bonds. The molecule has 0 bridgehead atoms. The molecule has 0 unspecified atom stereocenters. The zero-order chi connectivity index (χ0) is 15.7. The van der Waals surface area contributed by atoms with E-state index in [1.54, 1.807) is 23.5 Å². The summed E-state index contributed by atoms with van der Waals surface area (Å²) >= 11 is 1.65. The molecule has 112 valence electrons. The van der Waals surface area contributed by atoms with Crippen molar-refractivity contribution >= 4 is 21.2 Å². The van der Waals surface area contributed by atoms with Crippen LogP contribution in [0.3, 0.4) is 0 Å². The van der Waals surface area contributed by atoms with Crippen LogP contribution in [0.15, 0.2) is 59.6 Å². The fraction of sp³-hybridized carbons (Fsp3) is 0.118. The summed E-state index contributed by atoms with van der Waals surface area (Å²) < 4.78 is 23.1. The van der Waals surface area contributed by atoms with Crippen LogP contribution in [0.5, 0.6) is 0 Å². The van der Waals surface area contributed by atoms with Gasteiger partial charge in [-0.05, 0) is 30.2 Å². The van der Waals surface area contributed by atoms with Crippen LogP contribution in [-0.4, -0.2) is 19.7 Å². The summed E-state index contributed by atoms with van der Waals surface area (Å²) in [7, 11) is -3.17. The minimum Gasteiger partial charge on any atom is -0.249 e. The molecule has 3 rings (SSSR count). The Morgan fingerprint density at radius 3 is 2.14 bits per heavy atom. The first-order valence-electron chi connectivity index (χ1n) is 6.77. The quantitative estimate of drug-likeness (QED) is 0.724. The predicted molar refractivity (Wildman–Crippen MR) is 90.8 cm³/mol. The van der Waals surface area contributed by atoms with Gasteiger partial charge in [-0.1, -0.05) is 36.4 Å². The molecule has 0 aliphatic rings. The molecule has 0 spiro atoms. The lowest BCUT2D eigenvalue weighted by Gasteiger charge is -2.08. The molecule has 22 heavy (non-hydrogen) atoms. The highest BCUT2D eigenvalue weighted by molar-refractivity contribution is 7.90. The van der Waals surface area contributed by atoms with E-state index in [9.17, 15) is 8.42 Å². The maximum absolute atomic E-state index is 11.6. The number of benzene rings is 2. The molecule has 0 aliphatic carbocycles. The van der Waals surface area contributed by atoms with E-state index in [1.807, 2.05) is 43.5 Å². The Balaban J connectivity index is 2.09. The van der Waals surface area contributed by atoms with Crippen molar-refractivity contribution in [1.82, 2.24) is 4.98 Å². The highest BCUT2D eigenvalue weighted by Gasteiger charge is 2.11. The zero-order valence-corrected chi connectivity index (χ0v) is 13.9. The van der Waals surface area contributed by atoms with Crippen molar-refractivity contribution in [2.24, 2.45) is 0 Å². The standard InChI is InChI=1S/C17H15NO2S2/c1-12-18-11-17(21-12)16-6-4-3-5-15(16)13-7-9-14(10-8-13)22(2,19)20/h3-11H,1-2H3. The van der Waals surface area contributed by atoms with Gasteiger partial charge in [-0.2, -0.15) is 0 Å². The maximum Gasteiger partial charge on any atom is 0.175 e. The van der Waals surface area contributed by atoms with Crippen LogP contribution >= 0.6 is 11.3 Å². The number of hydrogen-bond acceptors (Lipinski definition) is 4. The molecule has 3 nitrogen and oxygen atoms in total. The fourth-order valence-corrected chi connectivity index (χ4v) is 3.76. The molecule has 1 aromatic heterocycles. The van der Waals surface area contributed by atoms with Crippen LogP contribution in [0.1, 0.15) is 5.01 Å². The summed E-state index contributed by atoms with van der Waals surface area (Å²) in [6, 6.07) is 15.1. The molecule has 0 saturated carbocycles. The molecule has 0 atom stereocenters. The lowest BCUT2D eigenvalue weighted by molar-refractivity contribution is 0.602. The van der Waals surface area contributed by atoms with Gasteiger partial charge in [0.1, 0.15) is 0 Å². The summed E-state index contributed by atoms with van der Waals surface area (Å²) in [5, 5.41) is 1.03. The van der Waals surface area contributed by atoms with Crippen LogP contribution in [0.25, 0.3) is 21.6 Å². The number of aromatic nitrogens is 1. The fourth-order valence-electron chi connectivity index (χ4n) is 2.32. The first-order chi connectivity index (χ1) is 10.4. The van der Waals surface area contributed by atoms with Gasteiger partial charge in [0.05, 0.1) is 14.8 Å². The summed E-state index contributed by atoms with van der Waals surface area (Å²) in [5.74, 6) is 0. The van der Waals surface area contributed by atoms with Gasteiger partial charge in [-0.25, -0.2) is 13.4 Å². The van der Waals surface area contributed by atoms with E-state index in [-0.39, 0.29) is 0 Å². The lowest BCUT2D eigenvalue weighted by Crippen LogP contribution is -1.96. The first-order valence-corrected chi connectivity index (χ1v) is 9.48. The summed E-state index contributed by atoms with van der Waals surface area (Å²) in [4.78, 5) is 5.76. The number of nitrogens with zero attached hydrogens (tertiary/aromatic N) is 1. The van der Waals surface area contributed by atoms with E-state index in [4.69, 9.17) is 0 Å². The second kappa shape index (κ2) is 5.66. The largest absolute Gasteiger partial charge is 0.249 e. The SMILES string of the molecule is Cc1ncc(-c2ccccc2-c2ccc(S(C)(=O)=O)cc2)s1. The zero-order valence-electron chi connectivity index (χ0n) is 12.3. The van der Waals surface area contributed by atoms with Crippen LogP contribution in [0, 0.1) is 6.92 Å². The van der Waals surface area contributed by atoms with Crippen molar-refractivity contribution in [2.45, 2.75) is 11.8 Å². The minimum absolute atomic E-state index is 0.336. The Kier molecular flexibility index (Phi) is 3.85. The molecule has 0 saturated heterocycles. The van der Waals surface area contributed by atoms with Crippen molar-refractivity contribution in [3.05, 3.63) is 59.7 Å². The van der Waals surface area contributed by atoms with Gasteiger partial charge in [0.15, 0.2) is 9.84 Å². The van der Waals surface area contributed by atoms with E-state index >= 15 is 0 Å². The molecule has 1 heterocycles. The summed E-state index contributed by atoms with van der Waals surface area (Å²) in [6.45, 7) is 1.98. The monoisotopic (exact) mass is 329 g/mol. The Hall–Kier alpha value is -1.98. The van der Waals surface area contributed by atoms with Gasteiger partial charge in [0.25, 0.3) is 0 Å². The Morgan fingerprint density at radius 2 is 1.59 bits per heavy atom. The average molecular weight is 329 g/mol. The number of rotatable bonds is 3. The number of thiazole rings is 1. The third kappa shape index (κ3) is 2.96. The normalized spacial score (nSPS) is 11.5. The van der Waals surface area contributed by atoms with E-state index in [1.165, 1.54) is 6.26 Å². The molecule has 0 fully saturated rings. The molecular weight excluding hydrogens is 314 g/mol. The maximum atomic E-state index is 11.6. The first kappa shape index (κ1) is 14.9. The number of sulfone groups is 1. The molecule has 0 radical (unpaired) electrons. The number of hydrogen-bond donors (Lipinski definition) is 0. The Labute approximate surface area is 134 Å². The van der Waals surface area contributed by atoms with E-state index in [0.717, 1.165) is 26.6 Å². The van der Waals surface area contributed by atoms with Gasteiger partial charge in [0.2, 0.25) is 0 Å². The topological polar surface area (TPSA) is 47.0 Å². The van der Waals surface area contributed by atoms with Gasteiger partial charge in [-0.3, -0.25) is 0 Å². The predicted octanol–water partition coefficient (Wildman–Crippen LogP) is 4.19. The summed E-state index contributed by atoms with van der Waals surface area (Å²) in [5.41, 5.74) is 3.18.